The highest BCUT2D eigenvalue weighted by molar-refractivity contribution is 5.59. The van der Waals surface area contributed by atoms with E-state index in [1.165, 1.54) is 103 Å². The van der Waals surface area contributed by atoms with Crippen molar-refractivity contribution in [1.82, 2.24) is 0 Å². The molecule has 0 spiro atoms. The zero-order valence-corrected chi connectivity index (χ0v) is 20.0. The van der Waals surface area contributed by atoms with Crippen LogP contribution in [0, 0.1) is 0 Å². The maximum absolute atomic E-state index is 11.3. The summed E-state index contributed by atoms with van der Waals surface area (Å²) in [6.07, 6.45) is 27.3. The third kappa shape index (κ3) is 25.2. The molecular formula is C26H52O3. The highest BCUT2D eigenvalue weighted by Crippen LogP contribution is 2.14. The van der Waals surface area contributed by atoms with Crippen LogP contribution in [-0.4, -0.2) is 19.4 Å². The Labute approximate surface area is 182 Å². The van der Waals surface area contributed by atoms with Crippen LogP contribution in [-0.2, 0) is 9.47 Å². The number of carbonyl (C=O) groups is 1. The average molecular weight is 413 g/mol. The summed E-state index contributed by atoms with van der Waals surface area (Å²) in [5.41, 5.74) is 0. The quantitative estimate of drug-likeness (QED) is 0.124. The van der Waals surface area contributed by atoms with E-state index in [-0.39, 0.29) is 0 Å². The minimum atomic E-state index is -0.493. The van der Waals surface area contributed by atoms with Crippen LogP contribution in [0.25, 0.3) is 0 Å². The van der Waals surface area contributed by atoms with Crippen molar-refractivity contribution in [1.29, 1.82) is 0 Å². The molecule has 0 N–H and O–H groups in total. The first-order valence-electron chi connectivity index (χ1n) is 13.1. The van der Waals surface area contributed by atoms with E-state index in [0.717, 1.165) is 32.1 Å². The minimum Gasteiger partial charge on any atom is -0.434 e. The third-order valence-corrected chi connectivity index (χ3v) is 5.69. The summed E-state index contributed by atoms with van der Waals surface area (Å²) >= 11 is 0. The van der Waals surface area contributed by atoms with Crippen LogP contribution < -0.4 is 0 Å². The van der Waals surface area contributed by atoms with E-state index in [1.54, 1.807) is 0 Å². The van der Waals surface area contributed by atoms with E-state index in [2.05, 4.69) is 13.8 Å². The van der Waals surface area contributed by atoms with Gasteiger partial charge < -0.3 is 9.47 Å². The Morgan fingerprint density at radius 3 is 1.00 bits per heavy atom. The molecule has 0 aliphatic heterocycles. The number of hydrogen-bond acceptors (Lipinski definition) is 3. The maximum Gasteiger partial charge on any atom is 0.508 e. The van der Waals surface area contributed by atoms with Gasteiger partial charge in [0.1, 0.15) is 0 Å². The Bertz CT molecular complexity index is 317. The van der Waals surface area contributed by atoms with Gasteiger partial charge >= 0.3 is 6.16 Å². The molecule has 0 aromatic carbocycles. The molecule has 3 nitrogen and oxygen atoms in total. The molecule has 174 valence electrons. The first-order valence-corrected chi connectivity index (χ1v) is 13.1. The first kappa shape index (κ1) is 28.3. The Morgan fingerprint density at radius 1 is 0.414 bits per heavy atom. The van der Waals surface area contributed by atoms with Gasteiger partial charge in [0.25, 0.3) is 0 Å². The van der Waals surface area contributed by atoms with Gasteiger partial charge in [-0.1, -0.05) is 136 Å². The zero-order valence-electron chi connectivity index (χ0n) is 20.0. The van der Waals surface area contributed by atoms with Gasteiger partial charge in [-0.05, 0) is 12.8 Å². The molecule has 3 heteroatoms. The molecule has 0 radical (unpaired) electrons. The Morgan fingerprint density at radius 2 is 0.655 bits per heavy atom. The molecule has 0 aromatic rings. The molecule has 0 aliphatic rings. The summed E-state index contributed by atoms with van der Waals surface area (Å²) in [7, 11) is 0. The summed E-state index contributed by atoms with van der Waals surface area (Å²) in [5.74, 6) is 0. The van der Waals surface area contributed by atoms with Gasteiger partial charge in [-0.2, -0.15) is 0 Å². The lowest BCUT2D eigenvalue weighted by Crippen LogP contribution is -2.09. The van der Waals surface area contributed by atoms with Crippen molar-refractivity contribution in [2.75, 3.05) is 13.2 Å². The van der Waals surface area contributed by atoms with Gasteiger partial charge in [-0.15, -0.1) is 0 Å². The molecule has 29 heavy (non-hydrogen) atoms. The van der Waals surface area contributed by atoms with Crippen LogP contribution in [0.5, 0.6) is 0 Å². The molecule has 0 atom stereocenters. The van der Waals surface area contributed by atoms with Gasteiger partial charge in [-0.3, -0.25) is 0 Å². The molecule has 0 unspecified atom stereocenters. The Balaban J connectivity index is 3.07. The minimum absolute atomic E-state index is 0.492. The summed E-state index contributed by atoms with van der Waals surface area (Å²) in [6, 6.07) is 0. The fraction of sp³-hybridized carbons (Fsp3) is 0.962. The van der Waals surface area contributed by atoms with Gasteiger partial charge in [0, 0.05) is 0 Å². The molecule has 0 amide bonds. The topological polar surface area (TPSA) is 35.5 Å². The predicted octanol–water partition coefficient (Wildman–Crippen LogP) is 9.37. The first-order chi connectivity index (χ1) is 14.3. The molecule has 0 rings (SSSR count). The third-order valence-electron chi connectivity index (χ3n) is 5.69. The fourth-order valence-electron chi connectivity index (χ4n) is 3.71. The van der Waals surface area contributed by atoms with Crippen LogP contribution in [0.1, 0.15) is 149 Å². The van der Waals surface area contributed by atoms with Crippen molar-refractivity contribution in [2.24, 2.45) is 0 Å². The van der Waals surface area contributed by atoms with Crippen LogP contribution in [0.3, 0.4) is 0 Å². The highest BCUT2D eigenvalue weighted by Gasteiger charge is 2.02. The van der Waals surface area contributed by atoms with E-state index in [9.17, 15) is 4.79 Å². The molecule has 0 saturated carbocycles. The van der Waals surface area contributed by atoms with Crippen molar-refractivity contribution < 1.29 is 14.3 Å². The number of carbonyl (C=O) groups excluding carboxylic acids is 1. The van der Waals surface area contributed by atoms with Crippen molar-refractivity contribution in [3.63, 3.8) is 0 Å². The van der Waals surface area contributed by atoms with Gasteiger partial charge in [0.2, 0.25) is 0 Å². The summed E-state index contributed by atoms with van der Waals surface area (Å²) in [6.45, 7) is 5.42. The number of ether oxygens (including phenoxy) is 2. The van der Waals surface area contributed by atoms with Crippen LogP contribution in [0.15, 0.2) is 0 Å². The standard InChI is InChI=1S/C26H52O3/c1-3-5-7-8-9-10-11-12-13-14-15-16-17-18-19-20-21-23-25-29-26(27)28-24-22-6-4-2/h3-25H2,1-2H3. The van der Waals surface area contributed by atoms with E-state index >= 15 is 0 Å². The Kier molecular flexibility index (Phi) is 24.7. The van der Waals surface area contributed by atoms with Gasteiger partial charge in [-0.25, -0.2) is 4.79 Å². The zero-order chi connectivity index (χ0) is 21.3. The van der Waals surface area contributed by atoms with E-state index in [0.29, 0.717) is 13.2 Å². The molecule has 0 fully saturated rings. The second kappa shape index (κ2) is 25.3. The summed E-state index contributed by atoms with van der Waals surface area (Å²) in [4.78, 5) is 11.3. The predicted molar refractivity (Wildman–Crippen MR) is 126 cm³/mol. The fourth-order valence-corrected chi connectivity index (χ4v) is 3.71. The van der Waals surface area contributed by atoms with Crippen molar-refractivity contribution in [3.05, 3.63) is 0 Å². The van der Waals surface area contributed by atoms with Gasteiger partial charge in [0.05, 0.1) is 13.2 Å². The van der Waals surface area contributed by atoms with Crippen LogP contribution in [0.2, 0.25) is 0 Å². The van der Waals surface area contributed by atoms with Gasteiger partial charge in [0.15, 0.2) is 0 Å². The van der Waals surface area contributed by atoms with Crippen molar-refractivity contribution in [2.45, 2.75) is 149 Å². The Hall–Kier alpha value is -0.730. The summed E-state index contributed by atoms with van der Waals surface area (Å²) < 4.78 is 10.1. The second-order valence-electron chi connectivity index (χ2n) is 8.66. The second-order valence-corrected chi connectivity index (χ2v) is 8.66. The number of hydrogen-bond donors (Lipinski definition) is 0. The smallest absolute Gasteiger partial charge is 0.434 e. The summed E-state index contributed by atoms with van der Waals surface area (Å²) in [5, 5.41) is 0. The highest BCUT2D eigenvalue weighted by atomic mass is 16.7. The molecule has 0 heterocycles. The maximum atomic E-state index is 11.3. The lowest BCUT2D eigenvalue weighted by atomic mass is 10.0. The normalized spacial score (nSPS) is 11.0. The van der Waals surface area contributed by atoms with Crippen LogP contribution >= 0.6 is 0 Å². The molecular weight excluding hydrogens is 360 g/mol. The lowest BCUT2D eigenvalue weighted by molar-refractivity contribution is 0.0529. The largest absolute Gasteiger partial charge is 0.508 e. The van der Waals surface area contributed by atoms with Crippen molar-refractivity contribution in [3.8, 4) is 0 Å². The van der Waals surface area contributed by atoms with Crippen molar-refractivity contribution >= 4 is 6.16 Å². The molecule has 0 aromatic heterocycles. The molecule has 0 aliphatic carbocycles. The van der Waals surface area contributed by atoms with E-state index in [1.807, 2.05) is 0 Å². The number of rotatable bonds is 23. The lowest BCUT2D eigenvalue weighted by Gasteiger charge is -2.06. The monoisotopic (exact) mass is 412 g/mol. The van der Waals surface area contributed by atoms with Crippen LogP contribution in [0.4, 0.5) is 4.79 Å². The van der Waals surface area contributed by atoms with E-state index in [4.69, 9.17) is 9.47 Å². The molecule has 0 saturated heterocycles. The number of unbranched alkanes of at least 4 members (excludes halogenated alkanes) is 19. The van der Waals surface area contributed by atoms with E-state index < -0.39 is 6.16 Å². The SMILES string of the molecule is CCCCCCCCCCCCCCCCCCCCOC(=O)OCCCCC. The average Bonchev–Trinajstić information content (AvgIpc) is 2.73. The molecule has 0 bridgehead atoms.